The van der Waals surface area contributed by atoms with Crippen molar-refractivity contribution in [3.05, 3.63) is 59.2 Å². The zero-order valence-corrected chi connectivity index (χ0v) is 15.1. The quantitative estimate of drug-likeness (QED) is 0.822. The molecule has 2 heterocycles. The summed E-state index contributed by atoms with van der Waals surface area (Å²) in [5, 5.41) is 5.38. The summed E-state index contributed by atoms with van der Waals surface area (Å²) in [5.41, 5.74) is 4.46. The van der Waals surface area contributed by atoms with Crippen molar-refractivity contribution in [2.45, 2.75) is 32.2 Å². The highest BCUT2D eigenvalue weighted by molar-refractivity contribution is 6.39. The van der Waals surface area contributed by atoms with Crippen LogP contribution in [0.4, 0.5) is 11.4 Å². The molecule has 2 N–H and O–H groups in total. The summed E-state index contributed by atoms with van der Waals surface area (Å²) >= 11 is 0. The SMILES string of the molecule is CC(NC(=O)C(=O)Nc1cc2c3c(c1)CC(=O)N3CCC2)c1ccccc1. The van der Waals surface area contributed by atoms with E-state index in [4.69, 9.17) is 0 Å². The minimum atomic E-state index is -0.707. The van der Waals surface area contributed by atoms with Crippen LogP contribution in [0.1, 0.15) is 36.1 Å². The average molecular weight is 363 g/mol. The van der Waals surface area contributed by atoms with Gasteiger partial charge in [-0.05, 0) is 48.6 Å². The van der Waals surface area contributed by atoms with E-state index >= 15 is 0 Å². The van der Waals surface area contributed by atoms with Gasteiger partial charge in [0.1, 0.15) is 0 Å². The van der Waals surface area contributed by atoms with E-state index in [1.165, 1.54) is 0 Å². The second-order valence-electron chi connectivity index (χ2n) is 7.03. The molecule has 0 spiro atoms. The van der Waals surface area contributed by atoms with E-state index in [1.807, 2.05) is 48.2 Å². The molecule has 0 saturated carbocycles. The van der Waals surface area contributed by atoms with Crippen LogP contribution < -0.4 is 15.5 Å². The highest BCUT2D eigenvalue weighted by Gasteiger charge is 2.32. The third-order valence-electron chi connectivity index (χ3n) is 5.12. The van der Waals surface area contributed by atoms with Crippen molar-refractivity contribution in [2.75, 3.05) is 16.8 Å². The van der Waals surface area contributed by atoms with E-state index < -0.39 is 11.8 Å². The lowest BCUT2D eigenvalue weighted by atomic mass is 9.99. The van der Waals surface area contributed by atoms with Crippen LogP contribution in [-0.2, 0) is 27.2 Å². The van der Waals surface area contributed by atoms with Crippen molar-refractivity contribution in [3.63, 3.8) is 0 Å². The summed E-state index contributed by atoms with van der Waals surface area (Å²) in [7, 11) is 0. The first-order valence-electron chi connectivity index (χ1n) is 9.16. The number of carbonyl (C=O) groups is 3. The van der Waals surface area contributed by atoms with Crippen LogP contribution in [0.5, 0.6) is 0 Å². The first-order chi connectivity index (χ1) is 13.0. The number of nitrogens with one attached hydrogen (secondary N) is 2. The molecule has 2 aromatic rings. The molecule has 3 amide bonds. The maximum atomic E-state index is 12.3. The number of rotatable bonds is 3. The highest BCUT2D eigenvalue weighted by atomic mass is 16.2. The van der Waals surface area contributed by atoms with Gasteiger partial charge in [-0.15, -0.1) is 0 Å². The van der Waals surface area contributed by atoms with Crippen molar-refractivity contribution >= 4 is 29.1 Å². The second-order valence-corrected chi connectivity index (χ2v) is 7.03. The molecular weight excluding hydrogens is 342 g/mol. The molecule has 4 rings (SSSR count). The van der Waals surface area contributed by atoms with Gasteiger partial charge in [-0.2, -0.15) is 0 Å². The van der Waals surface area contributed by atoms with Crippen LogP contribution in [-0.4, -0.2) is 24.3 Å². The van der Waals surface area contributed by atoms with Gasteiger partial charge in [0, 0.05) is 12.2 Å². The van der Waals surface area contributed by atoms with Crippen molar-refractivity contribution in [3.8, 4) is 0 Å². The van der Waals surface area contributed by atoms with E-state index in [-0.39, 0.29) is 11.9 Å². The van der Waals surface area contributed by atoms with Gasteiger partial charge in [0.25, 0.3) is 0 Å². The number of amides is 3. The van der Waals surface area contributed by atoms with Crippen molar-refractivity contribution in [1.29, 1.82) is 0 Å². The van der Waals surface area contributed by atoms with Gasteiger partial charge >= 0.3 is 11.8 Å². The van der Waals surface area contributed by atoms with E-state index in [1.54, 1.807) is 6.07 Å². The molecule has 1 unspecified atom stereocenters. The molecule has 2 aliphatic heterocycles. The van der Waals surface area contributed by atoms with Crippen molar-refractivity contribution in [1.82, 2.24) is 5.32 Å². The number of carbonyl (C=O) groups excluding carboxylic acids is 3. The third kappa shape index (κ3) is 3.30. The van der Waals surface area contributed by atoms with Crippen LogP contribution in [0.2, 0.25) is 0 Å². The standard InChI is InChI=1S/C21H21N3O3/c1-13(14-6-3-2-4-7-14)22-20(26)21(27)23-17-10-15-8-5-9-24-18(25)12-16(11-17)19(15)24/h2-4,6-7,10-11,13H,5,8-9,12H2,1H3,(H,22,26)(H,23,27). The summed E-state index contributed by atoms with van der Waals surface area (Å²) in [6, 6.07) is 12.9. The Morgan fingerprint density at radius 3 is 2.59 bits per heavy atom. The zero-order chi connectivity index (χ0) is 19.0. The number of anilines is 2. The maximum Gasteiger partial charge on any atom is 0.313 e. The van der Waals surface area contributed by atoms with E-state index in [0.29, 0.717) is 12.1 Å². The summed E-state index contributed by atoms with van der Waals surface area (Å²) in [5.74, 6) is -1.29. The number of hydrogen-bond acceptors (Lipinski definition) is 3. The Balaban J connectivity index is 1.47. The Morgan fingerprint density at radius 2 is 1.81 bits per heavy atom. The summed E-state index contributed by atoms with van der Waals surface area (Å²) < 4.78 is 0. The maximum absolute atomic E-state index is 12.3. The Hall–Kier alpha value is -3.15. The van der Waals surface area contributed by atoms with Gasteiger partial charge in [0.15, 0.2) is 0 Å². The first-order valence-corrected chi connectivity index (χ1v) is 9.16. The zero-order valence-electron chi connectivity index (χ0n) is 15.1. The molecule has 27 heavy (non-hydrogen) atoms. The highest BCUT2D eigenvalue weighted by Crippen LogP contribution is 2.38. The van der Waals surface area contributed by atoms with E-state index in [2.05, 4.69) is 10.6 Å². The predicted molar refractivity (Wildman–Crippen MR) is 102 cm³/mol. The number of nitrogens with zero attached hydrogens (tertiary/aromatic N) is 1. The molecule has 2 aromatic carbocycles. The first kappa shape index (κ1) is 17.3. The summed E-state index contributed by atoms with van der Waals surface area (Å²) in [4.78, 5) is 38.5. The fraction of sp³-hybridized carbons (Fsp3) is 0.286. The molecule has 0 aromatic heterocycles. The van der Waals surface area contributed by atoms with Gasteiger partial charge < -0.3 is 15.5 Å². The summed E-state index contributed by atoms with van der Waals surface area (Å²) in [6.07, 6.45) is 2.13. The van der Waals surface area contributed by atoms with Gasteiger partial charge in [-0.3, -0.25) is 14.4 Å². The molecule has 0 saturated heterocycles. The minimum absolute atomic E-state index is 0.101. The van der Waals surface area contributed by atoms with Crippen LogP contribution in [0.3, 0.4) is 0 Å². The lowest BCUT2D eigenvalue weighted by molar-refractivity contribution is -0.136. The van der Waals surface area contributed by atoms with Crippen LogP contribution >= 0.6 is 0 Å². The van der Waals surface area contributed by atoms with Gasteiger partial charge in [0.05, 0.1) is 18.2 Å². The van der Waals surface area contributed by atoms with Crippen molar-refractivity contribution in [2.24, 2.45) is 0 Å². The third-order valence-corrected chi connectivity index (χ3v) is 5.12. The lowest BCUT2D eigenvalue weighted by Gasteiger charge is -2.26. The Morgan fingerprint density at radius 1 is 1.07 bits per heavy atom. The Bertz CT molecular complexity index is 924. The number of aryl methyl sites for hydroxylation is 1. The predicted octanol–water partition coefficient (Wildman–Crippen LogP) is 2.34. The topological polar surface area (TPSA) is 78.5 Å². The minimum Gasteiger partial charge on any atom is -0.341 e. The van der Waals surface area contributed by atoms with Crippen LogP contribution in [0.15, 0.2) is 42.5 Å². The second kappa shape index (κ2) is 6.87. The number of hydrogen-bond donors (Lipinski definition) is 2. The molecule has 1 atom stereocenters. The molecule has 2 aliphatic rings. The van der Waals surface area contributed by atoms with Crippen molar-refractivity contribution < 1.29 is 14.4 Å². The molecule has 0 fully saturated rings. The molecule has 6 nitrogen and oxygen atoms in total. The summed E-state index contributed by atoms with van der Waals surface area (Å²) in [6.45, 7) is 2.59. The van der Waals surface area contributed by atoms with Crippen LogP contribution in [0, 0.1) is 0 Å². The molecule has 0 radical (unpaired) electrons. The molecule has 6 heteroatoms. The monoisotopic (exact) mass is 363 g/mol. The average Bonchev–Trinajstić information content (AvgIpc) is 2.99. The fourth-order valence-corrected chi connectivity index (χ4v) is 3.83. The molecule has 138 valence electrons. The smallest absolute Gasteiger partial charge is 0.313 e. The normalized spacial score (nSPS) is 15.9. The molecular formula is C21H21N3O3. The largest absolute Gasteiger partial charge is 0.341 e. The Labute approximate surface area is 157 Å². The van der Waals surface area contributed by atoms with E-state index in [9.17, 15) is 14.4 Å². The van der Waals surface area contributed by atoms with Gasteiger partial charge in [-0.25, -0.2) is 0 Å². The van der Waals surface area contributed by atoms with Gasteiger partial charge in [0.2, 0.25) is 5.91 Å². The molecule has 0 bridgehead atoms. The lowest BCUT2D eigenvalue weighted by Crippen LogP contribution is -2.37. The fourth-order valence-electron chi connectivity index (χ4n) is 3.83. The van der Waals surface area contributed by atoms with Gasteiger partial charge in [-0.1, -0.05) is 30.3 Å². The molecule has 0 aliphatic carbocycles. The Kier molecular flexibility index (Phi) is 4.39. The van der Waals surface area contributed by atoms with Crippen LogP contribution in [0.25, 0.3) is 0 Å². The van der Waals surface area contributed by atoms with E-state index in [0.717, 1.165) is 41.8 Å². The number of benzene rings is 2.